The minimum absolute atomic E-state index is 0.676. The largest absolute Gasteiger partial charge is 0.381 e. The van der Waals surface area contributed by atoms with Crippen LogP contribution in [0.25, 0.3) is 0 Å². The van der Waals surface area contributed by atoms with Crippen LogP contribution in [0.3, 0.4) is 0 Å². The summed E-state index contributed by atoms with van der Waals surface area (Å²) in [5, 5.41) is 14.3. The molecule has 0 saturated heterocycles. The summed E-state index contributed by atoms with van der Waals surface area (Å²) in [4.78, 5) is 0. The molecule has 1 unspecified atom stereocenters. The Morgan fingerprint density at radius 2 is 2.12 bits per heavy atom. The number of rotatable bonds is 6. The molecule has 92 valence electrons. The van der Waals surface area contributed by atoms with Crippen molar-refractivity contribution in [1.82, 2.24) is 9.78 Å². The Bertz CT molecular complexity index is 326. The summed E-state index contributed by atoms with van der Waals surface area (Å²) >= 11 is 3.36. The number of aliphatic hydroxyl groups is 1. The molecule has 1 aromatic heterocycles. The monoisotopic (exact) mass is 292 g/mol. The molecule has 0 amide bonds. The molecule has 1 heterocycles. The molecule has 0 aliphatic heterocycles. The number of halogens is 1. The van der Waals surface area contributed by atoms with Crippen LogP contribution in [0.15, 0.2) is 10.7 Å². The number of aryl methyl sites for hydroxylation is 1. The second-order valence-corrected chi connectivity index (χ2v) is 4.24. The lowest BCUT2D eigenvalue weighted by molar-refractivity contribution is -0.168. The first-order chi connectivity index (χ1) is 7.65. The van der Waals surface area contributed by atoms with Gasteiger partial charge < -0.3 is 14.6 Å². The molecule has 6 heteroatoms. The maximum absolute atomic E-state index is 10.1. The first-order valence-corrected chi connectivity index (χ1v) is 5.89. The first-order valence-electron chi connectivity index (χ1n) is 5.10. The van der Waals surface area contributed by atoms with Crippen LogP contribution in [0.5, 0.6) is 0 Å². The van der Waals surface area contributed by atoms with E-state index in [9.17, 15) is 5.11 Å². The standard InChI is InChI=1S/C10H17BrN2O3/c1-4-5-13-8(7(11)6-12-13)9(14)10(15-2)16-3/h6,9-10,14H,4-5H2,1-3H3. The fourth-order valence-corrected chi connectivity index (χ4v) is 2.07. The van der Waals surface area contributed by atoms with Gasteiger partial charge in [0.05, 0.1) is 16.4 Å². The minimum Gasteiger partial charge on any atom is -0.381 e. The molecule has 1 aromatic rings. The average molecular weight is 293 g/mol. The zero-order chi connectivity index (χ0) is 12.1. The van der Waals surface area contributed by atoms with Gasteiger partial charge in [0.1, 0.15) is 6.10 Å². The van der Waals surface area contributed by atoms with Crippen LogP contribution in [0.2, 0.25) is 0 Å². The van der Waals surface area contributed by atoms with E-state index in [2.05, 4.69) is 28.0 Å². The minimum atomic E-state index is -0.863. The number of ether oxygens (including phenoxy) is 2. The SMILES string of the molecule is CCCn1ncc(Br)c1C(O)C(OC)OC. The van der Waals surface area contributed by atoms with Crippen molar-refractivity contribution in [2.75, 3.05) is 14.2 Å². The number of aliphatic hydroxyl groups excluding tert-OH is 1. The Hall–Kier alpha value is -0.430. The van der Waals surface area contributed by atoms with E-state index in [1.165, 1.54) is 14.2 Å². The van der Waals surface area contributed by atoms with E-state index in [0.29, 0.717) is 5.69 Å². The van der Waals surface area contributed by atoms with Gasteiger partial charge in [0.2, 0.25) is 0 Å². The molecule has 1 atom stereocenters. The summed E-state index contributed by atoms with van der Waals surface area (Å²) in [5.74, 6) is 0. The molecule has 0 bridgehead atoms. The summed E-state index contributed by atoms with van der Waals surface area (Å²) in [5.41, 5.74) is 0.676. The lowest BCUT2D eigenvalue weighted by Gasteiger charge is -2.21. The molecule has 0 aliphatic rings. The van der Waals surface area contributed by atoms with Crippen LogP contribution in [0, 0.1) is 0 Å². The van der Waals surface area contributed by atoms with Crippen LogP contribution in [-0.2, 0) is 16.0 Å². The third-order valence-corrected chi connectivity index (χ3v) is 2.88. The second-order valence-electron chi connectivity index (χ2n) is 3.39. The fourth-order valence-electron chi connectivity index (χ4n) is 1.54. The van der Waals surface area contributed by atoms with Crippen molar-refractivity contribution >= 4 is 15.9 Å². The van der Waals surface area contributed by atoms with Gasteiger partial charge in [-0.2, -0.15) is 5.10 Å². The molecule has 16 heavy (non-hydrogen) atoms. The van der Waals surface area contributed by atoms with E-state index in [0.717, 1.165) is 17.4 Å². The third kappa shape index (κ3) is 2.82. The van der Waals surface area contributed by atoms with E-state index in [1.54, 1.807) is 10.9 Å². The molecule has 1 N–H and O–H groups in total. The normalized spacial score (nSPS) is 13.4. The number of hydrogen-bond acceptors (Lipinski definition) is 4. The van der Waals surface area contributed by atoms with Crippen molar-refractivity contribution in [3.63, 3.8) is 0 Å². The zero-order valence-electron chi connectivity index (χ0n) is 9.68. The Morgan fingerprint density at radius 3 is 2.62 bits per heavy atom. The number of nitrogens with zero attached hydrogens (tertiary/aromatic N) is 2. The average Bonchev–Trinajstić information content (AvgIpc) is 2.62. The number of aromatic nitrogens is 2. The van der Waals surface area contributed by atoms with Crippen LogP contribution in [-0.4, -0.2) is 35.4 Å². The van der Waals surface area contributed by atoms with Gasteiger partial charge in [-0.15, -0.1) is 0 Å². The first kappa shape index (κ1) is 13.6. The van der Waals surface area contributed by atoms with Crippen molar-refractivity contribution in [2.45, 2.75) is 32.3 Å². The van der Waals surface area contributed by atoms with Gasteiger partial charge in [-0.05, 0) is 22.4 Å². The Morgan fingerprint density at radius 1 is 1.50 bits per heavy atom. The van der Waals surface area contributed by atoms with E-state index >= 15 is 0 Å². The summed E-state index contributed by atoms with van der Waals surface area (Å²) in [7, 11) is 2.98. The van der Waals surface area contributed by atoms with E-state index < -0.39 is 12.4 Å². The van der Waals surface area contributed by atoms with Crippen molar-refractivity contribution in [1.29, 1.82) is 0 Å². The Balaban J connectivity index is 2.95. The second kappa shape index (κ2) is 6.34. The smallest absolute Gasteiger partial charge is 0.188 e. The van der Waals surface area contributed by atoms with Crippen LogP contribution in [0.4, 0.5) is 0 Å². The van der Waals surface area contributed by atoms with Crippen LogP contribution >= 0.6 is 15.9 Å². The molecule has 0 fully saturated rings. The fraction of sp³-hybridized carbons (Fsp3) is 0.700. The molecular weight excluding hydrogens is 276 g/mol. The van der Waals surface area contributed by atoms with Gasteiger partial charge in [0, 0.05) is 20.8 Å². The van der Waals surface area contributed by atoms with E-state index in [-0.39, 0.29) is 0 Å². The molecule has 0 aromatic carbocycles. The highest BCUT2D eigenvalue weighted by Gasteiger charge is 2.26. The van der Waals surface area contributed by atoms with Crippen molar-refractivity contribution in [2.24, 2.45) is 0 Å². The Kier molecular flexibility index (Phi) is 5.40. The lowest BCUT2D eigenvalue weighted by atomic mass is 10.2. The molecule has 1 rings (SSSR count). The van der Waals surface area contributed by atoms with E-state index in [4.69, 9.17) is 9.47 Å². The predicted molar refractivity (Wildman–Crippen MR) is 63.0 cm³/mol. The van der Waals surface area contributed by atoms with Gasteiger partial charge >= 0.3 is 0 Å². The Labute approximate surface area is 103 Å². The number of hydrogen-bond donors (Lipinski definition) is 1. The maximum Gasteiger partial charge on any atom is 0.188 e. The van der Waals surface area contributed by atoms with Gasteiger partial charge in [-0.3, -0.25) is 4.68 Å². The van der Waals surface area contributed by atoms with Gasteiger partial charge in [0.15, 0.2) is 6.29 Å². The molecule has 0 spiro atoms. The summed E-state index contributed by atoms with van der Waals surface area (Å²) in [6.07, 6.45) is 1.05. The summed E-state index contributed by atoms with van der Waals surface area (Å²) < 4.78 is 12.6. The molecule has 0 saturated carbocycles. The molecular formula is C10H17BrN2O3. The summed E-state index contributed by atoms with van der Waals surface area (Å²) in [6, 6.07) is 0. The third-order valence-electron chi connectivity index (χ3n) is 2.27. The van der Waals surface area contributed by atoms with Crippen LogP contribution < -0.4 is 0 Å². The maximum atomic E-state index is 10.1. The summed E-state index contributed by atoms with van der Waals surface area (Å²) in [6.45, 7) is 2.80. The molecule has 0 aliphatic carbocycles. The topological polar surface area (TPSA) is 56.5 Å². The van der Waals surface area contributed by atoms with E-state index in [1.807, 2.05) is 0 Å². The number of methoxy groups -OCH3 is 2. The van der Waals surface area contributed by atoms with Crippen molar-refractivity contribution in [3.05, 3.63) is 16.4 Å². The van der Waals surface area contributed by atoms with Crippen molar-refractivity contribution in [3.8, 4) is 0 Å². The van der Waals surface area contributed by atoms with Crippen molar-refractivity contribution < 1.29 is 14.6 Å². The highest BCUT2D eigenvalue weighted by molar-refractivity contribution is 9.10. The van der Waals surface area contributed by atoms with Crippen LogP contribution in [0.1, 0.15) is 25.1 Å². The molecule has 5 nitrogen and oxygen atoms in total. The van der Waals surface area contributed by atoms with Gasteiger partial charge in [-0.1, -0.05) is 6.92 Å². The van der Waals surface area contributed by atoms with Gasteiger partial charge in [-0.25, -0.2) is 0 Å². The lowest BCUT2D eigenvalue weighted by Crippen LogP contribution is -2.25. The molecule has 0 radical (unpaired) electrons. The predicted octanol–water partition coefficient (Wildman–Crippen LogP) is 1.71. The zero-order valence-corrected chi connectivity index (χ0v) is 11.3. The highest BCUT2D eigenvalue weighted by atomic mass is 79.9. The van der Waals surface area contributed by atoms with Gasteiger partial charge in [0.25, 0.3) is 0 Å². The quantitative estimate of drug-likeness (QED) is 0.811. The highest BCUT2D eigenvalue weighted by Crippen LogP contribution is 2.27.